The normalized spacial score (nSPS) is 21.9. The Morgan fingerprint density at radius 2 is 1.77 bits per heavy atom. The molecule has 0 radical (unpaired) electrons. The molecule has 1 N–H and O–H groups in total. The van der Waals surface area contributed by atoms with Crippen LogP contribution in [0, 0.1) is 0 Å². The number of Topliss-reactive ketones (excluding diaryl/α,β-unsaturated/α-hetero) is 1. The van der Waals surface area contributed by atoms with Crippen LogP contribution in [0.1, 0.15) is 17.2 Å². The maximum Gasteiger partial charge on any atom is 0.295 e. The van der Waals surface area contributed by atoms with E-state index >= 15 is 0 Å². The maximum atomic E-state index is 13.0. The summed E-state index contributed by atoms with van der Waals surface area (Å²) in [6.07, 6.45) is 0. The standard InChI is InChI=1S/C23H23BrN2O4/c24-18-8-4-7-17(15-18)20-19(21(27)16-5-2-1-3-6-16)22(28)23(29)26(20)10-9-25-11-13-30-14-12-25/h1-8,15,20,27H,9-14H2/b21-19+/t20-/m0/s1. The van der Waals surface area contributed by atoms with E-state index in [0.29, 0.717) is 31.9 Å². The fraction of sp³-hybridized carbons (Fsp3) is 0.304. The number of benzene rings is 2. The first-order valence-electron chi connectivity index (χ1n) is 9.95. The molecule has 0 bridgehead atoms. The summed E-state index contributed by atoms with van der Waals surface area (Å²) in [7, 11) is 0. The van der Waals surface area contributed by atoms with Gasteiger partial charge in [-0.2, -0.15) is 0 Å². The van der Waals surface area contributed by atoms with Gasteiger partial charge in [0.1, 0.15) is 5.76 Å². The van der Waals surface area contributed by atoms with E-state index in [1.807, 2.05) is 30.3 Å². The second-order valence-electron chi connectivity index (χ2n) is 7.37. The summed E-state index contributed by atoms with van der Waals surface area (Å²) in [5.41, 5.74) is 1.43. The van der Waals surface area contributed by atoms with E-state index in [-0.39, 0.29) is 11.3 Å². The number of rotatable bonds is 5. The van der Waals surface area contributed by atoms with Crippen LogP contribution in [0.25, 0.3) is 5.76 Å². The van der Waals surface area contributed by atoms with Crippen LogP contribution in [0.2, 0.25) is 0 Å². The highest BCUT2D eigenvalue weighted by atomic mass is 79.9. The predicted molar refractivity (Wildman–Crippen MR) is 117 cm³/mol. The molecular formula is C23H23BrN2O4. The van der Waals surface area contributed by atoms with Gasteiger partial charge >= 0.3 is 0 Å². The number of halogens is 1. The Hall–Kier alpha value is -2.48. The molecule has 2 aliphatic heterocycles. The van der Waals surface area contributed by atoms with Crippen molar-refractivity contribution < 1.29 is 19.4 Å². The minimum absolute atomic E-state index is 0.131. The quantitative estimate of drug-likeness (QED) is 0.412. The molecule has 0 spiro atoms. The second-order valence-corrected chi connectivity index (χ2v) is 8.28. The van der Waals surface area contributed by atoms with Crippen molar-refractivity contribution in [2.45, 2.75) is 6.04 Å². The van der Waals surface area contributed by atoms with E-state index in [9.17, 15) is 14.7 Å². The van der Waals surface area contributed by atoms with E-state index in [4.69, 9.17) is 4.74 Å². The van der Waals surface area contributed by atoms with Gasteiger partial charge < -0.3 is 14.7 Å². The van der Waals surface area contributed by atoms with Gasteiger partial charge in [-0.05, 0) is 17.7 Å². The number of ketones is 1. The summed E-state index contributed by atoms with van der Waals surface area (Å²) < 4.78 is 6.23. The van der Waals surface area contributed by atoms with Crippen molar-refractivity contribution in [3.05, 3.63) is 75.8 Å². The van der Waals surface area contributed by atoms with Gasteiger partial charge in [-0.3, -0.25) is 14.5 Å². The predicted octanol–water partition coefficient (Wildman–Crippen LogP) is 3.20. The summed E-state index contributed by atoms with van der Waals surface area (Å²) in [6, 6.07) is 15.8. The minimum atomic E-state index is -0.650. The number of hydrogen-bond donors (Lipinski definition) is 1. The van der Waals surface area contributed by atoms with E-state index in [0.717, 1.165) is 23.1 Å². The third kappa shape index (κ3) is 4.19. The van der Waals surface area contributed by atoms with Crippen LogP contribution in [0.4, 0.5) is 0 Å². The molecule has 2 fully saturated rings. The van der Waals surface area contributed by atoms with E-state index in [1.165, 1.54) is 0 Å². The van der Waals surface area contributed by atoms with Crippen molar-refractivity contribution in [1.82, 2.24) is 9.80 Å². The summed E-state index contributed by atoms with van der Waals surface area (Å²) >= 11 is 3.47. The van der Waals surface area contributed by atoms with Gasteiger partial charge in [0.25, 0.3) is 11.7 Å². The number of nitrogens with zero attached hydrogens (tertiary/aromatic N) is 2. The molecule has 2 saturated heterocycles. The zero-order valence-electron chi connectivity index (χ0n) is 16.5. The van der Waals surface area contributed by atoms with Crippen LogP contribution in [0.5, 0.6) is 0 Å². The van der Waals surface area contributed by atoms with Crippen molar-refractivity contribution in [2.75, 3.05) is 39.4 Å². The molecule has 30 heavy (non-hydrogen) atoms. The van der Waals surface area contributed by atoms with Crippen molar-refractivity contribution >= 4 is 33.4 Å². The highest BCUT2D eigenvalue weighted by Crippen LogP contribution is 2.39. The highest BCUT2D eigenvalue weighted by molar-refractivity contribution is 9.10. The Bertz CT molecular complexity index is 970. The molecule has 0 aromatic heterocycles. The zero-order chi connectivity index (χ0) is 21.1. The minimum Gasteiger partial charge on any atom is -0.507 e. The van der Waals surface area contributed by atoms with Crippen molar-refractivity contribution in [3.8, 4) is 0 Å². The van der Waals surface area contributed by atoms with Crippen molar-refractivity contribution in [3.63, 3.8) is 0 Å². The molecule has 2 aromatic rings. The van der Waals surface area contributed by atoms with Gasteiger partial charge in [0.15, 0.2) is 0 Å². The number of hydrogen-bond acceptors (Lipinski definition) is 5. The van der Waals surface area contributed by atoms with Gasteiger partial charge in [-0.1, -0.05) is 58.4 Å². The zero-order valence-corrected chi connectivity index (χ0v) is 18.0. The third-order valence-electron chi connectivity index (χ3n) is 5.51. The lowest BCUT2D eigenvalue weighted by atomic mass is 9.95. The number of likely N-dealkylation sites (tertiary alicyclic amines) is 1. The number of morpholine rings is 1. The molecule has 4 rings (SSSR count). The van der Waals surface area contributed by atoms with Gasteiger partial charge in [-0.25, -0.2) is 0 Å². The Morgan fingerprint density at radius 1 is 1.03 bits per heavy atom. The Balaban J connectivity index is 1.73. The molecule has 7 heteroatoms. The summed E-state index contributed by atoms with van der Waals surface area (Å²) in [5.74, 6) is -1.37. The number of carbonyl (C=O) groups is 2. The lowest BCUT2D eigenvalue weighted by Gasteiger charge is -2.31. The number of amides is 1. The fourth-order valence-electron chi connectivity index (χ4n) is 3.96. The monoisotopic (exact) mass is 470 g/mol. The van der Waals surface area contributed by atoms with Crippen molar-refractivity contribution in [1.29, 1.82) is 0 Å². The SMILES string of the molecule is O=C1C(=O)N(CCN2CCOCC2)[C@@H](c2cccc(Br)c2)/C1=C(\O)c1ccccc1. The van der Waals surface area contributed by atoms with Crippen LogP contribution in [-0.2, 0) is 14.3 Å². The lowest BCUT2D eigenvalue weighted by molar-refractivity contribution is -0.140. The Morgan fingerprint density at radius 3 is 2.47 bits per heavy atom. The average Bonchev–Trinajstić information content (AvgIpc) is 3.03. The lowest BCUT2D eigenvalue weighted by Crippen LogP contribution is -2.42. The number of ether oxygens (including phenoxy) is 1. The maximum absolute atomic E-state index is 13.0. The number of aliphatic hydroxyl groups is 1. The Labute approximate surface area is 183 Å². The highest BCUT2D eigenvalue weighted by Gasteiger charge is 2.46. The molecule has 0 saturated carbocycles. The number of carbonyl (C=O) groups excluding carboxylic acids is 2. The summed E-state index contributed by atoms with van der Waals surface area (Å²) in [5, 5.41) is 11.0. The number of aliphatic hydroxyl groups excluding tert-OH is 1. The summed E-state index contributed by atoms with van der Waals surface area (Å²) in [4.78, 5) is 29.8. The fourth-order valence-corrected chi connectivity index (χ4v) is 4.38. The molecule has 0 aliphatic carbocycles. The molecule has 1 amide bonds. The molecule has 2 aliphatic rings. The van der Waals surface area contributed by atoms with Gasteiger partial charge in [0, 0.05) is 36.2 Å². The second kappa shape index (κ2) is 9.12. The van der Waals surface area contributed by atoms with Crippen LogP contribution >= 0.6 is 15.9 Å². The molecule has 1 atom stereocenters. The molecule has 156 valence electrons. The first-order valence-corrected chi connectivity index (χ1v) is 10.7. The van der Waals surface area contributed by atoms with Crippen LogP contribution in [0.15, 0.2) is 64.6 Å². The third-order valence-corrected chi connectivity index (χ3v) is 6.01. The molecule has 2 aromatic carbocycles. The summed E-state index contributed by atoms with van der Waals surface area (Å²) in [6.45, 7) is 3.98. The van der Waals surface area contributed by atoms with Crippen LogP contribution in [-0.4, -0.2) is 66.0 Å². The molecule has 6 nitrogen and oxygen atoms in total. The smallest absolute Gasteiger partial charge is 0.295 e. The molecule has 0 unspecified atom stereocenters. The first-order chi connectivity index (χ1) is 14.6. The van der Waals surface area contributed by atoms with E-state index in [1.54, 1.807) is 29.2 Å². The Kier molecular flexibility index (Phi) is 6.32. The van der Waals surface area contributed by atoms with E-state index in [2.05, 4.69) is 20.8 Å². The molecule has 2 heterocycles. The van der Waals surface area contributed by atoms with Gasteiger partial charge in [-0.15, -0.1) is 0 Å². The molecular weight excluding hydrogens is 448 g/mol. The van der Waals surface area contributed by atoms with Gasteiger partial charge in [0.2, 0.25) is 0 Å². The topological polar surface area (TPSA) is 70.1 Å². The van der Waals surface area contributed by atoms with Crippen LogP contribution in [0.3, 0.4) is 0 Å². The average molecular weight is 471 g/mol. The van der Waals surface area contributed by atoms with Crippen molar-refractivity contribution in [2.24, 2.45) is 0 Å². The largest absolute Gasteiger partial charge is 0.507 e. The van der Waals surface area contributed by atoms with E-state index < -0.39 is 17.7 Å². The van der Waals surface area contributed by atoms with Gasteiger partial charge in [0.05, 0.1) is 24.8 Å². The van der Waals surface area contributed by atoms with Crippen LogP contribution < -0.4 is 0 Å². The first kappa shape index (κ1) is 20.8.